The van der Waals surface area contributed by atoms with E-state index in [1.165, 1.54) is 278 Å². The van der Waals surface area contributed by atoms with E-state index < -0.39 is 0 Å². The number of piperidine rings is 3. The van der Waals surface area contributed by atoms with Gasteiger partial charge in [0, 0.05) is 71.4 Å². The average Bonchev–Trinajstić information content (AvgIpc) is 2.98. The van der Waals surface area contributed by atoms with Gasteiger partial charge in [-0.3, -0.25) is 29.4 Å². The van der Waals surface area contributed by atoms with Crippen LogP contribution in [-0.2, 0) is 4.74 Å². The SMILES string of the molecule is CC(C)(C)N1CCC2(CC1)CC2.CC(C)(C)N1CCC2(CC1)COC2.CC(C)(C)N1CCC2(CC2)C1.CC(C)(C)N1CCC2(CCC2)C1.CC(C)(C)N1CCC2(CCC2)CC1.CC(C)(C)N1CCC2(CCCCC2)C1.CN1CC2(CCCCC2)C1. The third-order valence-electron chi connectivity index (χ3n) is 26.1. The van der Waals surface area contributed by atoms with Crippen LogP contribution in [0.15, 0.2) is 0 Å². The van der Waals surface area contributed by atoms with Gasteiger partial charge in [-0.1, -0.05) is 51.4 Å². The Labute approximate surface area is 530 Å². The molecule has 0 aromatic carbocycles. The summed E-state index contributed by atoms with van der Waals surface area (Å²) in [6.07, 6.45) is 42.9. The first-order valence-electron chi connectivity index (χ1n) is 37.2. The fraction of sp³-hybridized carbons (Fsp3) is 1.00. The topological polar surface area (TPSA) is 31.9 Å². The van der Waals surface area contributed by atoms with Crippen molar-refractivity contribution in [2.75, 3.05) is 112 Å². The molecular weight excluding hydrogens is 1040 g/mol. The molecule has 6 saturated carbocycles. The van der Waals surface area contributed by atoms with E-state index in [4.69, 9.17) is 4.74 Å². The highest BCUT2D eigenvalue weighted by Crippen LogP contribution is 2.56. The van der Waals surface area contributed by atoms with Crippen molar-refractivity contribution in [3.05, 3.63) is 0 Å². The molecule has 85 heavy (non-hydrogen) atoms. The summed E-state index contributed by atoms with van der Waals surface area (Å²) >= 11 is 0. The lowest BCUT2D eigenvalue weighted by atomic mass is 9.63. The van der Waals surface area contributed by atoms with Gasteiger partial charge < -0.3 is 9.64 Å². The van der Waals surface area contributed by atoms with Gasteiger partial charge in [-0.25, -0.2) is 0 Å². The summed E-state index contributed by atoms with van der Waals surface area (Å²) in [7, 11) is 2.24. The molecule has 0 atom stereocenters. The van der Waals surface area contributed by atoms with Crippen molar-refractivity contribution in [1.82, 2.24) is 34.3 Å². The zero-order chi connectivity index (χ0) is 62.1. The first kappa shape index (κ1) is 70.5. The Morgan fingerprint density at radius 3 is 0.647 bits per heavy atom. The molecule has 0 unspecified atom stereocenters. The van der Waals surface area contributed by atoms with Crippen LogP contribution in [0.1, 0.15) is 311 Å². The minimum absolute atomic E-state index is 0.353. The normalized spacial score (nSPS) is 29.4. The fourth-order valence-electron chi connectivity index (χ4n) is 18.1. The van der Waals surface area contributed by atoms with Crippen LogP contribution in [0.25, 0.3) is 0 Å². The van der Waals surface area contributed by atoms with Crippen LogP contribution in [0, 0.1) is 37.9 Å². The van der Waals surface area contributed by atoms with Crippen molar-refractivity contribution in [2.24, 2.45) is 37.9 Å². The number of hydrogen-bond acceptors (Lipinski definition) is 8. The van der Waals surface area contributed by atoms with Crippen molar-refractivity contribution in [2.45, 2.75) is 344 Å². The smallest absolute Gasteiger partial charge is 0.0545 e. The second kappa shape index (κ2) is 27.3. The Kier molecular flexibility index (Phi) is 22.7. The van der Waals surface area contributed by atoms with E-state index in [1.807, 2.05) is 0 Å². The third-order valence-corrected chi connectivity index (χ3v) is 26.1. The van der Waals surface area contributed by atoms with Crippen LogP contribution in [0.2, 0.25) is 0 Å². The van der Waals surface area contributed by atoms with E-state index in [0.717, 1.165) is 45.7 Å². The van der Waals surface area contributed by atoms with E-state index in [0.29, 0.717) is 38.6 Å². The van der Waals surface area contributed by atoms with E-state index in [9.17, 15) is 0 Å². The number of rotatable bonds is 0. The molecule has 0 radical (unpaired) electrons. The minimum Gasteiger partial charge on any atom is -0.380 e. The van der Waals surface area contributed by atoms with Gasteiger partial charge in [-0.15, -0.1) is 0 Å². The van der Waals surface area contributed by atoms with Gasteiger partial charge in [0.15, 0.2) is 0 Å². The standard InChI is InChI=1S/C13H25N.C12H23N.C11H21NO.2C11H21N.C10H19N.C9H17N/c1-12(2,3)14-10-9-13(11-14)7-5-4-6-8-13;1-11(2,3)13-9-7-12(8-10-13)5-4-6-12;1-10(2,3)12-6-4-11(5-7-12)8-13-9-11;1-10(2,3)12-8-6-11(4-5-11)7-9-12;1-10(2,3)12-8-7-11(9-12)5-4-6-11;1-9(2,3)11-7-6-10(8-11)4-5-10;1-10-7-9(8-10)5-3-2-4-6-9/h4-11H2,1-3H3;4-10H2,1-3H3;4-9H2,1-3H3;2*4-9H2,1-3H3;4-8H2,1-3H3;2-8H2,1H3. The number of hydrogen-bond donors (Lipinski definition) is 0. The van der Waals surface area contributed by atoms with Gasteiger partial charge in [0.2, 0.25) is 0 Å². The van der Waals surface area contributed by atoms with E-state index in [-0.39, 0.29) is 0 Å². The maximum atomic E-state index is 5.32. The molecular formula is C77H147N7O. The molecule has 14 rings (SSSR count). The summed E-state index contributed by atoms with van der Waals surface area (Å²) in [5.74, 6) is 0. The first-order valence-corrected chi connectivity index (χ1v) is 37.2. The summed E-state index contributed by atoms with van der Waals surface area (Å²) in [5.41, 5.74) is 7.67. The van der Waals surface area contributed by atoms with Gasteiger partial charge in [0.1, 0.15) is 0 Å². The lowest BCUT2D eigenvalue weighted by Crippen LogP contribution is -2.54. The Bertz CT molecular complexity index is 1930. The molecule has 8 aliphatic heterocycles. The molecule has 7 spiro atoms. The van der Waals surface area contributed by atoms with Crippen molar-refractivity contribution in [3.8, 4) is 0 Å². The maximum Gasteiger partial charge on any atom is 0.0545 e. The van der Waals surface area contributed by atoms with Crippen LogP contribution in [0.4, 0.5) is 0 Å². The molecule has 8 heteroatoms. The molecule has 14 fully saturated rings. The van der Waals surface area contributed by atoms with Gasteiger partial charge in [-0.2, -0.15) is 0 Å². The molecule has 8 heterocycles. The van der Waals surface area contributed by atoms with E-state index in [1.54, 1.807) is 0 Å². The zero-order valence-corrected chi connectivity index (χ0v) is 60.9. The second-order valence-corrected chi connectivity index (χ2v) is 39.0. The van der Waals surface area contributed by atoms with E-state index in [2.05, 4.69) is 166 Å². The second-order valence-electron chi connectivity index (χ2n) is 39.0. The van der Waals surface area contributed by atoms with Gasteiger partial charge in [0.25, 0.3) is 0 Å². The third kappa shape index (κ3) is 19.6. The molecule has 0 N–H and O–H groups in total. The van der Waals surface area contributed by atoms with Crippen LogP contribution in [-0.4, -0.2) is 179 Å². The predicted molar refractivity (Wildman–Crippen MR) is 367 cm³/mol. The fourth-order valence-corrected chi connectivity index (χ4v) is 18.1. The minimum atomic E-state index is 0.353. The Morgan fingerprint density at radius 1 is 0.212 bits per heavy atom. The first-order chi connectivity index (χ1) is 39.4. The van der Waals surface area contributed by atoms with Gasteiger partial charge >= 0.3 is 0 Å². The molecule has 8 nitrogen and oxygen atoms in total. The molecule has 0 aromatic heterocycles. The highest BCUT2D eigenvalue weighted by Gasteiger charge is 2.51. The Morgan fingerprint density at radius 2 is 0.435 bits per heavy atom. The lowest BCUT2D eigenvalue weighted by molar-refractivity contribution is -0.145. The van der Waals surface area contributed by atoms with Gasteiger partial charge in [-0.05, 0) is 358 Å². The number of likely N-dealkylation sites (tertiary alicyclic amines) is 7. The highest BCUT2D eigenvalue weighted by atomic mass is 16.5. The van der Waals surface area contributed by atoms with E-state index >= 15 is 0 Å². The molecule has 6 aliphatic carbocycles. The van der Waals surface area contributed by atoms with Crippen molar-refractivity contribution >= 4 is 0 Å². The summed E-state index contributed by atoms with van der Waals surface area (Å²) in [6.45, 7) is 62.8. The molecule has 0 aromatic rings. The predicted octanol–water partition coefficient (Wildman–Crippen LogP) is 17.9. The van der Waals surface area contributed by atoms with Crippen molar-refractivity contribution in [1.29, 1.82) is 0 Å². The zero-order valence-electron chi connectivity index (χ0n) is 60.9. The molecule has 0 amide bonds. The quantitative estimate of drug-likeness (QED) is 0.237. The van der Waals surface area contributed by atoms with Crippen LogP contribution >= 0.6 is 0 Å². The number of nitrogens with zero attached hydrogens (tertiary/aromatic N) is 7. The Balaban J connectivity index is 0.000000129. The number of ether oxygens (including phenoxy) is 1. The van der Waals surface area contributed by atoms with Crippen molar-refractivity contribution in [3.63, 3.8) is 0 Å². The average molecular weight is 1190 g/mol. The van der Waals surface area contributed by atoms with Crippen molar-refractivity contribution < 1.29 is 4.74 Å². The molecule has 8 saturated heterocycles. The summed E-state index contributed by atoms with van der Waals surface area (Å²) in [5, 5.41) is 0. The lowest BCUT2D eigenvalue weighted by Gasteiger charge is -2.51. The summed E-state index contributed by atoms with van der Waals surface area (Å²) < 4.78 is 5.32. The largest absolute Gasteiger partial charge is 0.380 e. The highest BCUT2D eigenvalue weighted by molar-refractivity contribution is 5.04. The summed E-state index contributed by atoms with van der Waals surface area (Å²) in [6, 6.07) is 0. The molecule has 0 bridgehead atoms. The molecule has 14 aliphatic rings. The monoisotopic (exact) mass is 1190 g/mol. The summed E-state index contributed by atoms with van der Waals surface area (Å²) in [4.78, 5) is 18.3. The Hall–Kier alpha value is -0.320. The van der Waals surface area contributed by atoms with Crippen LogP contribution < -0.4 is 0 Å². The molecule has 496 valence electrons. The van der Waals surface area contributed by atoms with Crippen LogP contribution in [0.3, 0.4) is 0 Å². The van der Waals surface area contributed by atoms with Crippen LogP contribution in [0.5, 0.6) is 0 Å². The maximum absolute atomic E-state index is 5.32. The van der Waals surface area contributed by atoms with Gasteiger partial charge in [0.05, 0.1) is 13.2 Å².